The van der Waals surface area contributed by atoms with Crippen LogP contribution in [-0.4, -0.2) is 17.3 Å². The summed E-state index contributed by atoms with van der Waals surface area (Å²) in [4.78, 5) is 0. The van der Waals surface area contributed by atoms with Gasteiger partial charge in [-0.3, -0.25) is 0 Å². The highest BCUT2D eigenvalue weighted by molar-refractivity contribution is 5.21. The Morgan fingerprint density at radius 2 is 2.06 bits per heavy atom. The Bertz CT molecular complexity index is 359. The first kappa shape index (κ1) is 11.6. The highest BCUT2D eigenvalue weighted by atomic mass is 19.1. The van der Waals surface area contributed by atoms with Crippen molar-refractivity contribution in [3.05, 3.63) is 35.6 Å². The van der Waals surface area contributed by atoms with Crippen LogP contribution in [0.25, 0.3) is 0 Å². The van der Waals surface area contributed by atoms with Crippen molar-refractivity contribution >= 4 is 0 Å². The lowest BCUT2D eigenvalue weighted by atomic mass is 9.76. The molecule has 16 heavy (non-hydrogen) atoms. The molecule has 2 nitrogen and oxygen atoms in total. The first-order valence-corrected chi connectivity index (χ1v) is 5.81. The van der Waals surface area contributed by atoms with Gasteiger partial charge < -0.3 is 10.8 Å². The Balaban J connectivity index is 2.04. The molecule has 2 rings (SSSR count). The fourth-order valence-corrected chi connectivity index (χ4v) is 2.45. The minimum atomic E-state index is -0.691. The molecule has 0 heterocycles. The van der Waals surface area contributed by atoms with Gasteiger partial charge in [-0.2, -0.15) is 0 Å². The zero-order chi connectivity index (χ0) is 11.6. The summed E-state index contributed by atoms with van der Waals surface area (Å²) in [5.74, 6) is 0.180. The van der Waals surface area contributed by atoms with Gasteiger partial charge in [0.15, 0.2) is 0 Å². The van der Waals surface area contributed by atoms with Crippen molar-refractivity contribution in [2.24, 2.45) is 5.73 Å². The first-order valence-electron chi connectivity index (χ1n) is 5.81. The van der Waals surface area contributed by atoms with Crippen molar-refractivity contribution in [2.45, 2.75) is 37.2 Å². The molecule has 3 N–H and O–H groups in total. The number of halogens is 1. The predicted octanol–water partition coefficient (Wildman–Crippen LogP) is 2.17. The van der Waals surface area contributed by atoms with Crippen molar-refractivity contribution in [3.8, 4) is 0 Å². The standard InChI is InChI=1S/C13H18FNO/c14-12-3-1-2-11(8-12)10-4-6-13(16,9-15)7-5-10/h1-3,8,10,16H,4-7,9,15H2. The monoisotopic (exact) mass is 223 g/mol. The van der Waals surface area contributed by atoms with Crippen LogP contribution >= 0.6 is 0 Å². The summed E-state index contributed by atoms with van der Waals surface area (Å²) in [7, 11) is 0. The minimum absolute atomic E-state index is 0.183. The zero-order valence-electron chi connectivity index (χ0n) is 9.32. The van der Waals surface area contributed by atoms with E-state index in [0.29, 0.717) is 25.3 Å². The highest BCUT2D eigenvalue weighted by Crippen LogP contribution is 2.37. The lowest BCUT2D eigenvalue weighted by Gasteiger charge is -2.35. The fourth-order valence-electron chi connectivity index (χ4n) is 2.45. The Labute approximate surface area is 95.3 Å². The van der Waals surface area contributed by atoms with E-state index in [4.69, 9.17) is 5.73 Å². The molecule has 0 amide bonds. The maximum Gasteiger partial charge on any atom is 0.123 e. The van der Waals surface area contributed by atoms with Crippen molar-refractivity contribution < 1.29 is 9.50 Å². The number of hydrogen-bond donors (Lipinski definition) is 2. The Kier molecular flexibility index (Phi) is 3.26. The first-order chi connectivity index (χ1) is 7.63. The van der Waals surface area contributed by atoms with Crippen molar-refractivity contribution in [1.82, 2.24) is 0 Å². The van der Waals surface area contributed by atoms with Gasteiger partial charge in [0.25, 0.3) is 0 Å². The quantitative estimate of drug-likeness (QED) is 0.807. The lowest BCUT2D eigenvalue weighted by molar-refractivity contribution is 0.00765. The summed E-state index contributed by atoms with van der Waals surface area (Å²) in [5, 5.41) is 10.0. The molecule has 3 heteroatoms. The van der Waals surface area contributed by atoms with E-state index >= 15 is 0 Å². The van der Waals surface area contributed by atoms with Crippen LogP contribution in [0.1, 0.15) is 37.2 Å². The zero-order valence-corrected chi connectivity index (χ0v) is 9.32. The molecule has 0 unspecified atom stereocenters. The van der Waals surface area contributed by atoms with Crippen LogP contribution in [0.2, 0.25) is 0 Å². The van der Waals surface area contributed by atoms with Gasteiger partial charge in [-0.25, -0.2) is 4.39 Å². The van der Waals surface area contributed by atoms with Gasteiger partial charge in [0, 0.05) is 6.54 Å². The fraction of sp³-hybridized carbons (Fsp3) is 0.538. The van der Waals surface area contributed by atoms with Crippen molar-refractivity contribution in [2.75, 3.05) is 6.54 Å². The third-order valence-corrected chi connectivity index (χ3v) is 3.62. The maximum atomic E-state index is 13.1. The molecule has 0 bridgehead atoms. The number of hydrogen-bond acceptors (Lipinski definition) is 2. The molecule has 0 radical (unpaired) electrons. The number of benzene rings is 1. The molecule has 1 aliphatic rings. The van der Waals surface area contributed by atoms with Crippen LogP contribution in [0.15, 0.2) is 24.3 Å². The second kappa shape index (κ2) is 4.52. The van der Waals surface area contributed by atoms with Crippen molar-refractivity contribution in [1.29, 1.82) is 0 Å². The molecule has 0 aliphatic heterocycles. The summed E-state index contributed by atoms with van der Waals surface area (Å²) >= 11 is 0. The predicted molar refractivity (Wildman–Crippen MR) is 61.6 cm³/mol. The average Bonchev–Trinajstić information content (AvgIpc) is 2.30. The van der Waals surface area contributed by atoms with Gasteiger partial charge in [0.1, 0.15) is 5.82 Å². The van der Waals surface area contributed by atoms with Crippen LogP contribution in [0.5, 0.6) is 0 Å². The summed E-state index contributed by atoms with van der Waals surface area (Å²) in [6, 6.07) is 6.76. The summed E-state index contributed by atoms with van der Waals surface area (Å²) < 4.78 is 13.1. The van der Waals surface area contributed by atoms with E-state index in [2.05, 4.69) is 0 Å². The molecule has 1 aliphatic carbocycles. The van der Waals surface area contributed by atoms with E-state index in [9.17, 15) is 9.50 Å². The molecule has 1 aromatic rings. The smallest absolute Gasteiger partial charge is 0.123 e. The van der Waals surface area contributed by atoms with E-state index in [0.717, 1.165) is 18.4 Å². The van der Waals surface area contributed by atoms with Gasteiger partial charge in [-0.05, 0) is 49.3 Å². The van der Waals surface area contributed by atoms with Crippen LogP contribution in [0.3, 0.4) is 0 Å². The van der Waals surface area contributed by atoms with Crippen LogP contribution in [0.4, 0.5) is 4.39 Å². The van der Waals surface area contributed by atoms with Gasteiger partial charge in [-0.15, -0.1) is 0 Å². The van der Waals surface area contributed by atoms with E-state index in [1.807, 2.05) is 6.07 Å². The van der Waals surface area contributed by atoms with Gasteiger partial charge in [0.05, 0.1) is 5.60 Å². The number of aliphatic hydroxyl groups is 1. The normalized spacial score (nSPS) is 30.3. The van der Waals surface area contributed by atoms with E-state index < -0.39 is 5.60 Å². The molecular formula is C13H18FNO. The molecule has 1 saturated carbocycles. The Morgan fingerprint density at radius 1 is 1.38 bits per heavy atom. The average molecular weight is 223 g/mol. The molecule has 1 fully saturated rings. The van der Waals surface area contributed by atoms with Crippen LogP contribution < -0.4 is 5.73 Å². The SMILES string of the molecule is NCC1(O)CCC(c2cccc(F)c2)CC1. The number of rotatable bonds is 2. The largest absolute Gasteiger partial charge is 0.389 e. The molecule has 0 aromatic heterocycles. The summed E-state index contributed by atoms with van der Waals surface area (Å²) in [5.41, 5.74) is 5.89. The van der Waals surface area contributed by atoms with E-state index in [1.54, 1.807) is 12.1 Å². The maximum absolute atomic E-state index is 13.1. The second-order valence-corrected chi connectivity index (χ2v) is 4.76. The molecular weight excluding hydrogens is 205 g/mol. The van der Waals surface area contributed by atoms with Crippen molar-refractivity contribution in [3.63, 3.8) is 0 Å². The lowest BCUT2D eigenvalue weighted by Crippen LogP contribution is -2.40. The van der Waals surface area contributed by atoms with Crippen LogP contribution in [-0.2, 0) is 0 Å². The van der Waals surface area contributed by atoms with Crippen LogP contribution in [0, 0.1) is 5.82 Å². The summed E-state index contributed by atoms with van der Waals surface area (Å²) in [6.45, 7) is 0.322. The van der Waals surface area contributed by atoms with Gasteiger partial charge in [-0.1, -0.05) is 12.1 Å². The Hall–Kier alpha value is -0.930. The molecule has 1 aromatic carbocycles. The molecule has 88 valence electrons. The minimum Gasteiger partial charge on any atom is -0.389 e. The molecule has 0 atom stereocenters. The van der Waals surface area contributed by atoms with Gasteiger partial charge >= 0.3 is 0 Å². The Morgan fingerprint density at radius 3 is 2.62 bits per heavy atom. The highest BCUT2D eigenvalue weighted by Gasteiger charge is 2.32. The van der Waals surface area contributed by atoms with E-state index in [1.165, 1.54) is 6.07 Å². The topological polar surface area (TPSA) is 46.2 Å². The second-order valence-electron chi connectivity index (χ2n) is 4.76. The molecule has 0 spiro atoms. The third kappa shape index (κ3) is 2.42. The third-order valence-electron chi connectivity index (χ3n) is 3.62. The molecule has 0 saturated heterocycles. The van der Waals surface area contributed by atoms with Gasteiger partial charge in [0.2, 0.25) is 0 Å². The van der Waals surface area contributed by atoms with E-state index in [-0.39, 0.29) is 5.82 Å². The summed E-state index contributed by atoms with van der Waals surface area (Å²) in [6.07, 6.45) is 3.20. The number of nitrogens with two attached hydrogens (primary N) is 1.